The van der Waals surface area contributed by atoms with Crippen LogP contribution in [0.15, 0.2) is 76.1 Å². The van der Waals surface area contributed by atoms with Gasteiger partial charge < -0.3 is 15.0 Å². The van der Waals surface area contributed by atoms with E-state index in [1.807, 2.05) is 12.1 Å². The maximum absolute atomic E-state index is 12.8. The van der Waals surface area contributed by atoms with Crippen LogP contribution in [0.5, 0.6) is 5.75 Å². The summed E-state index contributed by atoms with van der Waals surface area (Å²) in [6.45, 7) is 4.76. The second-order valence-electron chi connectivity index (χ2n) is 9.05. The van der Waals surface area contributed by atoms with Crippen LogP contribution < -0.4 is 19.7 Å². The summed E-state index contributed by atoms with van der Waals surface area (Å²) in [5, 5.41) is 3.99. The maximum Gasteiger partial charge on any atom is 0.261 e. The van der Waals surface area contributed by atoms with E-state index in [1.54, 1.807) is 41.7 Å². The molecule has 1 amide bonds. The molecule has 1 aliphatic rings. The highest BCUT2D eigenvalue weighted by Crippen LogP contribution is 2.31. The SMILES string of the molecule is COc1ccc(S(=O)(=O)Nc2cccc(C(=O)NCCN3CCN(c4nc5ccc(Br)cc5s4)CC3)c2)cc1. The predicted octanol–water partition coefficient (Wildman–Crippen LogP) is 4.42. The largest absolute Gasteiger partial charge is 0.497 e. The highest BCUT2D eigenvalue weighted by molar-refractivity contribution is 9.10. The summed E-state index contributed by atoms with van der Waals surface area (Å²) in [4.78, 5) is 22.3. The molecule has 12 heteroatoms. The van der Waals surface area contributed by atoms with E-state index in [0.717, 1.165) is 47.8 Å². The average molecular weight is 631 g/mol. The van der Waals surface area contributed by atoms with Crippen LogP contribution in [0, 0.1) is 0 Å². The summed E-state index contributed by atoms with van der Waals surface area (Å²) in [6.07, 6.45) is 0. The molecule has 0 bridgehead atoms. The van der Waals surface area contributed by atoms with Crippen molar-refractivity contribution in [2.24, 2.45) is 0 Å². The third-order valence-corrected chi connectivity index (χ3v) is 9.41. The quantitative estimate of drug-likeness (QED) is 0.282. The molecule has 5 rings (SSSR count). The van der Waals surface area contributed by atoms with Crippen molar-refractivity contribution < 1.29 is 17.9 Å². The number of piperazine rings is 1. The van der Waals surface area contributed by atoms with Crippen LogP contribution in [-0.2, 0) is 10.0 Å². The summed E-state index contributed by atoms with van der Waals surface area (Å²) < 4.78 is 35.3. The highest BCUT2D eigenvalue weighted by atomic mass is 79.9. The number of nitrogens with one attached hydrogen (secondary N) is 2. The van der Waals surface area contributed by atoms with Crippen LogP contribution in [0.3, 0.4) is 0 Å². The minimum Gasteiger partial charge on any atom is -0.497 e. The summed E-state index contributed by atoms with van der Waals surface area (Å²) in [5.74, 6) is 0.316. The first-order valence-corrected chi connectivity index (χ1v) is 15.5. The highest BCUT2D eigenvalue weighted by Gasteiger charge is 2.20. The molecule has 2 heterocycles. The lowest BCUT2D eigenvalue weighted by Crippen LogP contribution is -2.48. The van der Waals surface area contributed by atoms with E-state index in [9.17, 15) is 13.2 Å². The number of nitrogens with zero attached hydrogens (tertiary/aromatic N) is 3. The zero-order valence-corrected chi connectivity index (χ0v) is 24.5. The molecule has 1 saturated heterocycles. The number of fused-ring (bicyclic) bond motifs is 1. The number of thiazole rings is 1. The van der Waals surface area contributed by atoms with Crippen LogP contribution in [0.4, 0.5) is 10.8 Å². The first kappa shape index (κ1) is 27.4. The number of benzene rings is 3. The van der Waals surface area contributed by atoms with Gasteiger partial charge >= 0.3 is 0 Å². The lowest BCUT2D eigenvalue weighted by molar-refractivity contribution is 0.0948. The van der Waals surface area contributed by atoms with Crippen molar-refractivity contribution in [3.05, 3.63) is 76.8 Å². The maximum atomic E-state index is 12.8. The van der Waals surface area contributed by atoms with Gasteiger partial charge in [0.25, 0.3) is 15.9 Å². The molecule has 1 fully saturated rings. The van der Waals surface area contributed by atoms with E-state index in [1.165, 1.54) is 30.0 Å². The van der Waals surface area contributed by atoms with Gasteiger partial charge in [-0.1, -0.05) is 33.3 Å². The first-order chi connectivity index (χ1) is 18.8. The normalized spacial score (nSPS) is 14.4. The Hall–Kier alpha value is -3.19. The zero-order valence-electron chi connectivity index (χ0n) is 21.3. The molecule has 0 saturated carbocycles. The van der Waals surface area contributed by atoms with Crippen molar-refractivity contribution in [3.63, 3.8) is 0 Å². The van der Waals surface area contributed by atoms with Crippen molar-refractivity contribution >= 4 is 64.2 Å². The van der Waals surface area contributed by atoms with Gasteiger partial charge in [0.1, 0.15) is 5.75 Å². The van der Waals surface area contributed by atoms with Crippen molar-refractivity contribution in [3.8, 4) is 5.75 Å². The predicted molar refractivity (Wildman–Crippen MR) is 159 cm³/mol. The Kier molecular flexibility index (Phi) is 8.36. The van der Waals surface area contributed by atoms with Crippen LogP contribution in [0.2, 0.25) is 0 Å². The fraction of sp³-hybridized carbons (Fsp3) is 0.259. The minimum atomic E-state index is -3.80. The number of methoxy groups -OCH3 is 1. The van der Waals surface area contributed by atoms with E-state index in [-0.39, 0.29) is 10.8 Å². The van der Waals surface area contributed by atoms with Gasteiger partial charge in [0.05, 0.1) is 22.2 Å². The van der Waals surface area contributed by atoms with E-state index >= 15 is 0 Å². The molecule has 0 unspecified atom stereocenters. The van der Waals surface area contributed by atoms with Crippen LogP contribution in [-0.4, -0.2) is 70.6 Å². The first-order valence-electron chi connectivity index (χ1n) is 12.4. The van der Waals surface area contributed by atoms with Gasteiger partial charge in [0.15, 0.2) is 5.13 Å². The van der Waals surface area contributed by atoms with Gasteiger partial charge in [-0.2, -0.15) is 0 Å². The zero-order chi connectivity index (χ0) is 27.4. The molecule has 9 nitrogen and oxygen atoms in total. The molecule has 1 aliphatic heterocycles. The van der Waals surface area contributed by atoms with E-state index in [0.29, 0.717) is 23.5 Å². The Morgan fingerprint density at radius 3 is 2.56 bits per heavy atom. The monoisotopic (exact) mass is 629 g/mol. The molecular weight excluding hydrogens is 602 g/mol. The number of sulfonamides is 1. The average Bonchev–Trinajstić information content (AvgIpc) is 3.36. The van der Waals surface area contributed by atoms with Crippen molar-refractivity contribution in [2.75, 3.05) is 56.0 Å². The molecule has 0 radical (unpaired) electrons. The topological polar surface area (TPSA) is 104 Å². The number of anilines is 2. The third-order valence-electron chi connectivity index (χ3n) is 6.44. The molecule has 0 aliphatic carbocycles. The van der Waals surface area contributed by atoms with Gasteiger partial charge in [0, 0.05) is 55.0 Å². The van der Waals surface area contributed by atoms with Gasteiger partial charge in [-0.05, 0) is 60.7 Å². The van der Waals surface area contributed by atoms with Crippen molar-refractivity contribution in [2.45, 2.75) is 4.90 Å². The number of ether oxygens (including phenoxy) is 1. The molecule has 39 heavy (non-hydrogen) atoms. The Labute approximate surface area is 240 Å². The molecule has 0 atom stereocenters. The molecule has 4 aromatic rings. The summed E-state index contributed by atoms with van der Waals surface area (Å²) in [7, 11) is -2.28. The standard InChI is InChI=1S/C27H28BrN5O4S2/c1-37-22-6-8-23(9-7-22)39(35,36)31-21-4-2-3-19(17-21)26(34)29-11-12-32-13-15-33(16-14-32)27-30-24-10-5-20(28)18-25(24)38-27/h2-10,17-18,31H,11-16H2,1H3,(H,29,34). The molecule has 3 aromatic carbocycles. The van der Waals surface area contributed by atoms with Gasteiger partial charge in [-0.25, -0.2) is 13.4 Å². The number of hydrogen-bond acceptors (Lipinski definition) is 8. The number of rotatable bonds is 9. The van der Waals surface area contributed by atoms with Gasteiger partial charge in [-0.3, -0.25) is 14.4 Å². The molecule has 204 valence electrons. The smallest absolute Gasteiger partial charge is 0.261 e. The molecular formula is C27H28BrN5O4S2. The molecule has 1 aromatic heterocycles. The Morgan fingerprint density at radius 1 is 1.05 bits per heavy atom. The fourth-order valence-corrected chi connectivity index (χ4v) is 6.93. The second kappa shape index (κ2) is 11.9. The Morgan fingerprint density at radius 2 is 1.82 bits per heavy atom. The number of aromatic nitrogens is 1. The third kappa shape index (κ3) is 6.70. The molecule has 0 spiro atoms. The van der Waals surface area contributed by atoms with E-state index in [4.69, 9.17) is 9.72 Å². The number of hydrogen-bond donors (Lipinski definition) is 2. The lowest BCUT2D eigenvalue weighted by Gasteiger charge is -2.34. The van der Waals surface area contributed by atoms with Gasteiger partial charge in [-0.15, -0.1) is 0 Å². The summed E-state index contributed by atoms with van der Waals surface area (Å²) in [6, 6.07) is 18.7. The van der Waals surface area contributed by atoms with Crippen molar-refractivity contribution in [1.82, 2.24) is 15.2 Å². The Balaban J connectivity index is 1.10. The minimum absolute atomic E-state index is 0.106. The number of carbonyl (C=O) groups is 1. The summed E-state index contributed by atoms with van der Waals surface area (Å²) in [5.41, 5.74) is 1.72. The molecule has 2 N–H and O–H groups in total. The van der Waals surface area contributed by atoms with Crippen LogP contribution >= 0.6 is 27.3 Å². The van der Waals surface area contributed by atoms with E-state index in [2.05, 4.69) is 41.8 Å². The van der Waals surface area contributed by atoms with Crippen LogP contribution in [0.1, 0.15) is 10.4 Å². The number of amides is 1. The lowest BCUT2D eigenvalue weighted by atomic mass is 10.2. The number of carbonyl (C=O) groups excluding carboxylic acids is 1. The number of halogens is 1. The summed E-state index contributed by atoms with van der Waals surface area (Å²) >= 11 is 5.22. The van der Waals surface area contributed by atoms with E-state index < -0.39 is 10.0 Å². The van der Waals surface area contributed by atoms with Crippen molar-refractivity contribution in [1.29, 1.82) is 0 Å². The van der Waals surface area contributed by atoms with Crippen LogP contribution in [0.25, 0.3) is 10.2 Å². The van der Waals surface area contributed by atoms with Gasteiger partial charge in [0.2, 0.25) is 0 Å². The Bertz CT molecular complexity index is 1570. The fourth-order valence-electron chi connectivity index (χ4n) is 4.31. The second-order valence-corrected chi connectivity index (χ2v) is 12.7.